The van der Waals surface area contributed by atoms with E-state index in [1.165, 1.54) is 0 Å². The summed E-state index contributed by atoms with van der Waals surface area (Å²) in [5, 5.41) is 18.4. The van der Waals surface area contributed by atoms with E-state index >= 15 is 0 Å². The van der Waals surface area contributed by atoms with Crippen LogP contribution in [0.25, 0.3) is 11.3 Å². The number of nitrogens with one attached hydrogen (secondary N) is 2. The minimum Gasteiger partial charge on any atom is -0.416 e. The number of carbonyl (C=O) groups is 1. The second kappa shape index (κ2) is 9.48. The van der Waals surface area contributed by atoms with Gasteiger partial charge in [0.15, 0.2) is 0 Å². The number of carbonyl (C=O) groups excluding carboxylic acids is 1. The maximum Gasteiger partial charge on any atom is 0.309 e. The highest BCUT2D eigenvalue weighted by molar-refractivity contribution is 5.89. The van der Waals surface area contributed by atoms with E-state index in [9.17, 15) is 4.79 Å². The molecule has 186 valence electrons. The van der Waals surface area contributed by atoms with Gasteiger partial charge in [-0.05, 0) is 37.0 Å². The van der Waals surface area contributed by atoms with Gasteiger partial charge in [0.05, 0.1) is 29.3 Å². The number of pyridine rings is 1. The summed E-state index contributed by atoms with van der Waals surface area (Å²) in [6, 6.07) is 3.73. The van der Waals surface area contributed by atoms with Crippen LogP contribution in [0.3, 0.4) is 0 Å². The maximum atomic E-state index is 12.9. The molecule has 0 radical (unpaired) electrons. The van der Waals surface area contributed by atoms with Gasteiger partial charge in [0.2, 0.25) is 11.8 Å². The first-order valence-electron chi connectivity index (χ1n) is 12.0. The van der Waals surface area contributed by atoms with Gasteiger partial charge in [0, 0.05) is 36.6 Å². The normalized spacial score (nSPS) is 15.7. The van der Waals surface area contributed by atoms with E-state index in [2.05, 4.69) is 42.0 Å². The van der Waals surface area contributed by atoms with E-state index in [1.807, 2.05) is 40.1 Å². The van der Waals surface area contributed by atoms with Crippen LogP contribution in [-0.4, -0.2) is 40.8 Å². The molecule has 4 heterocycles. The first-order chi connectivity index (χ1) is 17.3. The molecule has 0 fully saturated rings. The first kappa shape index (κ1) is 23.6. The van der Waals surface area contributed by atoms with E-state index in [1.54, 1.807) is 23.3 Å². The molecule has 11 heteroatoms. The zero-order chi connectivity index (χ0) is 25.3. The average Bonchev–Trinajstić information content (AvgIpc) is 3.46. The minimum absolute atomic E-state index is 0.0306. The van der Waals surface area contributed by atoms with Crippen LogP contribution >= 0.6 is 0 Å². The lowest BCUT2D eigenvalue weighted by molar-refractivity contribution is 0.0895. The van der Waals surface area contributed by atoms with Gasteiger partial charge in [0.1, 0.15) is 0 Å². The summed E-state index contributed by atoms with van der Waals surface area (Å²) in [5.41, 5.74) is 4.09. The number of hydrogen-bond acceptors (Lipinski definition) is 9. The zero-order valence-electron chi connectivity index (χ0n) is 20.8. The second-order valence-electron chi connectivity index (χ2n) is 10.00. The predicted molar refractivity (Wildman–Crippen MR) is 133 cm³/mol. The number of anilines is 2. The Kier molecular flexibility index (Phi) is 6.21. The molecule has 4 aromatic rings. The molecule has 5 rings (SSSR count). The van der Waals surface area contributed by atoms with Crippen LogP contribution in [0.2, 0.25) is 0 Å². The Bertz CT molecular complexity index is 1390. The second-order valence-corrected chi connectivity index (χ2v) is 10.00. The fourth-order valence-corrected chi connectivity index (χ4v) is 4.15. The van der Waals surface area contributed by atoms with Crippen molar-refractivity contribution >= 4 is 17.5 Å². The molecular weight excluding hydrogens is 458 g/mol. The Labute approximate surface area is 208 Å². The van der Waals surface area contributed by atoms with Gasteiger partial charge < -0.3 is 15.1 Å². The third kappa shape index (κ3) is 5.09. The molecule has 0 saturated heterocycles. The zero-order valence-corrected chi connectivity index (χ0v) is 20.8. The van der Waals surface area contributed by atoms with Crippen LogP contribution in [0.15, 0.2) is 41.3 Å². The molecule has 0 bridgehead atoms. The molecule has 1 aliphatic carbocycles. The number of nitrogens with zero attached hydrogens (tertiary/aromatic N) is 7. The Morgan fingerprint density at radius 1 is 1.17 bits per heavy atom. The summed E-state index contributed by atoms with van der Waals surface area (Å²) in [5.74, 6) is 0.495. The highest BCUT2D eigenvalue weighted by Crippen LogP contribution is 2.30. The van der Waals surface area contributed by atoms with Crippen molar-refractivity contribution in [2.45, 2.75) is 57.9 Å². The van der Waals surface area contributed by atoms with Gasteiger partial charge in [-0.2, -0.15) is 5.10 Å². The summed E-state index contributed by atoms with van der Waals surface area (Å²) in [6.07, 6.45) is 10.7. The molecule has 0 aliphatic heterocycles. The maximum absolute atomic E-state index is 12.9. The van der Waals surface area contributed by atoms with Gasteiger partial charge in [0.25, 0.3) is 0 Å². The SMILES string of the molecule is Cn1cc(Nc2nccc(-c3cnc4c(c3)CCCCC4NC(=O)c3nnc(C(C)(C)C)o3)n2)cn1. The van der Waals surface area contributed by atoms with Gasteiger partial charge in [-0.15, -0.1) is 10.2 Å². The molecular formula is C25H29N9O2. The Balaban J connectivity index is 1.36. The lowest BCUT2D eigenvalue weighted by atomic mass is 9.97. The largest absolute Gasteiger partial charge is 0.416 e. The number of rotatable bonds is 5. The van der Waals surface area contributed by atoms with Crippen molar-refractivity contribution in [3.05, 3.63) is 60.0 Å². The van der Waals surface area contributed by atoms with Crippen molar-refractivity contribution in [1.82, 2.24) is 40.2 Å². The van der Waals surface area contributed by atoms with Crippen LogP contribution in [-0.2, 0) is 18.9 Å². The van der Waals surface area contributed by atoms with Crippen LogP contribution in [0, 0.1) is 0 Å². The smallest absolute Gasteiger partial charge is 0.309 e. The Morgan fingerprint density at radius 2 is 2.03 bits per heavy atom. The highest BCUT2D eigenvalue weighted by Gasteiger charge is 2.27. The third-order valence-corrected chi connectivity index (χ3v) is 6.00. The highest BCUT2D eigenvalue weighted by atomic mass is 16.4. The average molecular weight is 488 g/mol. The van der Waals surface area contributed by atoms with Crippen molar-refractivity contribution in [1.29, 1.82) is 0 Å². The van der Waals surface area contributed by atoms with E-state index in [0.717, 1.165) is 53.9 Å². The molecule has 0 aromatic carbocycles. The van der Waals surface area contributed by atoms with Gasteiger partial charge >= 0.3 is 11.8 Å². The molecule has 36 heavy (non-hydrogen) atoms. The van der Waals surface area contributed by atoms with Crippen molar-refractivity contribution in [2.75, 3.05) is 5.32 Å². The first-order valence-corrected chi connectivity index (χ1v) is 12.0. The summed E-state index contributed by atoms with van der Waals surface area (Å²) < 4.78 is 7.33. The molecule has 4 aromatic heterocycles. The third-order valence-electron chi connectivity index (χ3n) is 6.00. The number of hydrogen-bond donors (Lipinski definition) is 2. The van der Waals surface area contributed by atoms with Crippen molar-refractivity contribution in [3.8, 4) is 11.3 Å². The molecule has 0 saturated carbocycles. The molecule has 1 aliphatic rings. The number of amides is 1. The topological polar surface area (TPSA) is 137 Å². The molecule has 1 amide bonds. The molecule has 0 spiro atoms. The monoisotopic (exact) mass is 487 g/mol. The lowest BCUT2D eigenvalue weighted by Crippen LogP contribution is -2.29. The van der Waals surface area contributed by atoms with Crippen molar-refractivity contribution in [2.24, 2.45) is 7.05 Å². The Morgan fingerprint density at radius 3 is 2.78 bits per heavy atom. The predicted octanol–water partition coefficient (Wildman–Crippen LogP) is 3.89. The fourth-order valence-electron chi connectivity index (χ4n) is 4.15. The standard InChI is InChI=1S/C25H29N9O2/c1-25(2,3)23-33-32-22(36-23)21(35)30-19-8-6-5-7-15-11-16(12-27-20(15)19)18-9-10-26-24(31-18)29-17-13-28-34(4)14-17/h9-14,19H,5-8H2,1-4H3,(H,30,35)(H,26,29,31). The molecule has 1 unspecified atom stereocenters. The van der Waals surface area contributed by atoms with Crippen LogP contribution in [0.1, 0.15) is 73.9 Å². The number of aromatic nitrogens is 7. The molecule has 2 N–H and O–H groups in total. The fraction of sp³-hybridized carbons (Fsp3) is 0.400. The summed E-state index contributed by atoms with van der Waals surface area (Å²) in [4.78, 5) is 26.6. The van der Waals surface area contributed by atoms with Crippen molar-refractivity contribution < 1.29 is 9.21 Å². The summed E-state index contributed by atoms with van der Waals surface area (Å²) in [7, 11) is 1.85. The van der Waals surface area contributed by atoms with E-state index < -0.39 is 0 Å². The Hall–Kier alpha value is -4.15. The lowest BCUT2D eigenvalue weighted by Gasteiger charge is -2.18. The quantitative estimate of drug-likeness (QED) is 0.402. The van der Waals surface area contributed by atoms with Crippen LogP contribution in [0.4, 0.5) is 11.6 Å². The molecule has 1 atom stereocenters. The summed E-state index contributed by atoms with van der Waals surface area (Å²) in [6.45, 7) is 5.88. The minimum atomic E-state index is -0.386. The van der Waals surface area contributed by atoms with Crippen LogP contribution < -0.4 is 10.6 Å². The van der Waals surface area contributed by atoms with Crippen molar-refractivity contribution in [3.63, 3.8) is 0 Å². The van der Waals surface area contributed by atoms with Gasteiger partial charge in [-0.3, -0.25) is 14.5 Å². The molecule has 11 nitrogen and oxygen atoms in total. The van der Waals surface area contributed by atoms with Crippen LogP contribution in [0.5, 0.6) is 0 Å². The number of fused-ring (bicyclic) bond motifs is 1. The summed E-state index contributed by atoms with van der Waals surface area (Å²) >= 11 is 0. The number of aryl methyl sites for hydroxylation is 2. The van der Waals surface area contributed by atoms with E-state index in [-0.39, 0.29) is 23.3 Å². The van der Waals surface area contributed by atoms with E-state index in [0.29, 0.717) is 11.8 Å². The van der Waals surface area contributed by atoms with Gasteiger partial charge in [-0.25, -0.2) is 9.97 Å². The van der Waals surface area contributed by atoms with Gasteiger partial charge in [-0.1, -0.05) is 27.2 Å². The van der Waals surface area contributed by atoms with E-state index in [4.69, 9.17) is 9.40 Å².